The van der Waals surface area contributed by atoms with Crippen LogP contribution in [0.5, 0.6) is 0 Å². The van der Waals surface area contributed by atoms with Gasteiger partial charge in [0.05, 0.1) is 10.4 Å². The minimum absolute atomic E-state index is 0.0638. The molecule has 0 heterocycles. The molecule has 4 N–H and O–H groups in total. The molecule has 0 saturated heterocycles. The molecule has 1 rings (SSSR count). The number of rotatable bonds is 3. The first kappa shape index (κ1) is 11.2. The standard InChI is InChI=1S/C7H7BN2O5/c9-7(11)4-1-2-5(8(12)13)6(3-4)10(14)15/h1-3,12-13H,(H2,9,11). The quantitative estimate of drug-likeness (QED) is 0.313. The number of nitrogens with zero attached hydrogens (tertiary/aromatic N) is 1. The molecular formula is C7H7BN2O5. The molecule has 0 radical (unpaired) electrons. The lowest BCUT2D eigenvalue weighted by Crippen LogP contribution is -2.32. The van der Waals surface area contributed by atoms with Crippen molar-refractivity contribution in [1.29, 1.82) is 0 Å². The van der Waals surface area contributed by atoms with Gasteiger partial charge in [-0.1, -0.05) is 6.07 Å². The summed E-state index contributed by atoms with van der Waals surface area (Å²) in [6.07, 6.45) is 0. The van der Waals surface area contributed by atoms with Crippen LogP contribution in [-0.2, 0) is 0 Å². The highest BCUT2D eigenvalue weighted by molar-refractivity contribution is 6.60. The van der Waals surface area contributed by atoms with Gasteiger partial charge < -0.3 is 15.8 Å². The lowest BCUT2D eigenvalue weighted by atomic mass is 9.78. The van der Waals surface area contributed by atoms with Gasteiger partial charge in [-0.25, -0.2) is 0 Å². The monoisotopic (exact) mass is 210 g/mol. The van der Waals surface area contributed by atoms with Crippen LogP contribution in [0, 0.1) is 10.1 Å². The average molecular weight is 210 g/mol. The first-order chi connectivity index (χ1) is 6.93. The zero-order chi connectivity index (χ0) is 11.6. The minimum Gasteiger partial charge on any atom is -0.423 e. The summed E-state index contributed by atoms with van der Waals surface area (Å²) in [5, 5.41) is 28.2. The minimum atomic E-state index is -1.97. The van der Waals surface area contributed by atoms with Crippen molar-refractivity contribution in [3.8, 4) is 0 Å². The van der Waals surface area contributed by atoms with Crippen LogP contribution in [0.4, 0.5) is 5.69 Å². The molecule has 0 aliphatic heterocycles. The highest BCUT2D eigenvalue weighted by Crippen LogP contribution is 2.11. The van der Waals surface area contributed by atoms with E-state index >= 15 is 0 Å². The summed E-state index contributed by atoms with van der Waals surface area (Å²) in [4.78, 5) is 20.4. The van der Waals surface area contributed by atoms with Gasteiger partial charge in [-0.05, 0) is 6.07 Å². The molecule has 1 aromatic carbocycles. The molecule has 0 aliphatic carbocycles. The Morgan fingerprint density at radius 1 is 1.47 bits per heavy atom. The molecule has 0 saturated carbocycles. The van der Waals surface area contributed by atoms with Crippen molar-refractivity contribution < 1.29 is 19.8 Å². The maximum absolute atomic E-state index is 10.7. The third kappa shape index (κ3) is 2.30. The van der Waals surface area contributed by atoms with Crippen LogP contribution in [-0.4, -0.2) is 28.0 Å². The summed E-state index contributed by atoms with van der Waals surface area (Å²) in [6, 6.07) is 3.16. The zero-order valence-electron chi connectivity index (χ0n) is 7.45. The third-order valence-corrected chi connectivity index (χ3v) is 1.79. The van der Waals surface area contributed by atoms with E-state index in [0.29, 0.717) is 0 Å². The van der Waals surface area contributed by atoms with Gasteiger partial charge in [0.1, 0.15) is 0 Å². The van der Waals surface area contributed by atoms with Crippen molar-refractivity contribution in [2.45, 2.75) is 0 Å². The highest BCUT2D eigenvalue weighted by Gasteiger charge is 2.24. The molecule has 15 heavy (non-hydrogen) atoms. The van der Waals surface area contributed by atoms with E-state index in [9.17, 15) is 14.9 Å². The van der Waals surface area contributed by atoms with Crippen LogP contribution >= 0.6 is 0 Å². The predicted octanol–water partition coefficient (Wildman–Crippen LogP) is -1.63. The third-order valence-electron chi connectivity index (χ3n) is 1.79. The highest BCUT2D eigenvalue weighted by atomic mass is 16.6. The molecule has 0 bridgehead atoms. The van der Waals surface area contributed by atoms with Crippen LogP contribution in [0.25, 0.3) is 0 Å². The molecule has 0 spiro atoms. The summed E-state index contributed by atoms with van der Waals surface area (Å²) >= 11 is 0. The number of hydrogen-bond acceptors (Lipinski definition) is 5. The van der Waals surface area contributed by atoms with E-state index in [0.717, 1.165) is 12.1 Å². The fourth-order valence-corrected chi connectivity index (χ4v) is 1.07. The van der Waals surface area contributed by atoms with Crippen LogP contribution in [0.2, 0.25) is 0 Å². The normalized spacial score (nSPS) is 9.73. The number of benzene rings is 1. The van der Waals surface area contributed by atoms with Gasteiger partial charge in [0.15, 0.2) is 0 Å². The fraction of sp³-hybridized carbons (Fsp3) is 0. The van der Waals surface area contributed by atoms with Gasteiger partial charge in [-0.15, -0.1) is 0 Å². The molecule has 0 aliphatic rings. The van der Waals surface area contributed by atoms with Crippen LogP contribution in [0.15, 0.2) is 18.2 Å². The number of amides is 1. The Hall–Kier alpha value is -1.93. The van der Waals surface area contributed by atoms with Gasteiger partial charge in [-0.3, -0.25) is 14.9 Å². The summed E-state index contributed by atoms with van der Waals surface area (Å²) in [6.45, 7) is 0. The molecule has 0 atom stereocenters. The van der Waals surface area contributed by atoms with Crippen LogP contribution in [0.1, 0.15) is 10.4 Å². The van der Waals surface area contributed by atoms with E-state index in [-0.39, 0.29) is 11.0 Å². The lowest BCUT2D eigenvalue weighted by molar-refractivity contribution is -0.383. The predicted molar refractivity (Wildman–Crippen MR) is 51.4 cm³/mol. The summed E-state index contributed by atoms with van der Waals surface area (Å²) in [5.74, 6) is -0.822. The second-order valence-corrected chi connectivity index (χ2v) is 2.77. The second kappa shape index (κ2) is 4.07. The first-order valence-electron chi connectivity index (χ1n) is 3.87. The second-order valence-electron chi connectivity index (χ2n) is 2.77. The van der Waals surface area contributed by atoms with Crippen molar-refractivity contribution >= 4 is 24.2 Å². The van der Waals surface area contributed by atoms with E-state index in [4.69, 9.17) is 15.8 Å². The number of nitro benzene ring substituents is 1. The molecule has 78 valence electrons. The van der Waals surface area contributed by atoms with Crippen LogP contribution < -0.4 is 11.2 Å². The van der Waals surface area contributed by atoms with E-state index in [1.807, 2.05) is 0 Å². The Labute approximate surface area is 84.4 Å². The van der Waals surface area contributed by atoms with Crippen molar-refractivity contribution in [1.82, 2.24) is 0 Å². The Kier molecular flexibility index (Phi) is 3.03. The molecular weight excluding hydrogens is 203 g/mol. The Morgan fingerprint density at radius 2 is 2.07 bits per heavy atom. The van der Waals surface area contributed by atoms with Gasteiger partial charge in [0.2, 0.25) is 5.91 Å². The maximum Gasteiger partial charge on any atom is 0.495 e. The molecule has 1 amide bonds. The molecule has 8 heteroatoms. The van der Waals surface area contributed by atoms with Gasteiger partial charge >= 0.3 is 7.12 Å². The summed E-state index contributed by atoms with van der Waals surface area (Å²) in [5.41, 5.74) is 4.02. The van der Waals surface area contributed by atoms with E-state index in [1.165, 1.54) is 6.07 Å². The van der Waals surface area contributed by atoms with Crippen molar-refractivity contribution in [2.75, 3.05) is 0 Å². The van der Waals surface area contributed by atoms with Crippen molar-refractivity contribution in [3.63, 3.8) is 0 Å². The van der Waals surface area contributed by atoms with E-state index < -0.39 is 23.6 Å². The summed E-state index contributed by atoms with van der Waals surface area (Å²) < 4.78 is 0. The number of carbonyl (C=O) groups is 1. The molecule has 0 aromatic heterocycles. The molecule has 0 unspecified atom stereocenters. The number of hydrogen-bond donors (Lipinski definition) is 3. The number of nitrogens with two attached hydrogens (primary N) is 1. The number of nitro groups is 1. The first-order valence-corrected chi connectivity index (χ1v) is 3.87. The van der Waals surface area contributed by atoms with Gasteiger partial charge in [0, 0.05) is 11.6 Å². The SMILES string of the molecule is NC(=O)c1ccc(B(O)O)c([N+](=O)[O-])c1. The smallest absolute Gasteiger partial charge is 0.423 e. The maximum atomic E-state index is 10.7. The Morgan fingerprint density at radius 3 is 2.47 bits per heavy atom. The van der Waals surface area contributed by atoms with E-state index in [2.05, 4.69) is 0 Å². The topological polar surface area (TPSA) is 127 Å². The van der Waals surface area contributed by atoms with E-state index in [1.54, 1.807) is 0 Å². The van der Waals surface area contributed by atoms with Gasteiger partial charge in [0.25, 0.3) is 5.69 Å². The molecule has 1 aromatic rings. The van der Waals surface area contributed by atoms with Crippen LogP contribution in [0.3, 0.4) is 0 Å². The van der Waals surface area contributed by atoms with Gasteiger partial charge in [-0.2, -0.15) is 0 Å². The van der Waals surface area contributed by atoms with Crippen molar-refractivity contribution in [3.05, 3.63) is 33.9 Å². The number of carbonyl (C=O) groups excluding carboxylic acids is 1. The molecule has 7 nitrogen and oxygen atoms in total. The molecule has 0 fully saturated rings. The Balaban J connectivity index is 3.33. The zero-order valence-corrected chi connectivity index (χ0v) is 7.45. The Bertz CT molecular complexity index is 420. The number of primary amides is 1. The average Bonchev–Trinajstić information content (AvgIpc) is 2.16. The van der Waals surface area contributed by atoms with Crippen molar-refractivity contribution in [2.24, 2.45) is 5.73 Å². The largest absolute Gasteiger partial charge is 0.495 e. The fourth-order valence-electron chi connectivity index (χ4n) is 1.07. The summed E-state index contributed by atoms with van der Waals surface area (Å²) in [7, 11) is -1.97. The lowest BCUT2D eigenvalue weighted by Gasteiger charge is -2.02.